The van der Waals surface area contributed by atoms with Crippen molar-refractivity contribution < 1.29 is 23.9 Å². The van der Waals surface area contributed by atoms with Gasteiger partial charge >= 0.3 is 5.97 Å². The zero-order valence-electron chi connectivity index (χ0n) is 16.5. The molecule has 1 aliphatic heterocycles. The van der Waals surface area contributed by atoms with Gasteiger partial charge in [-0.2, -0.15) is 0 Å². The van der Waals surface area contributed by atoms with Crippen LogP contribution in [0.5, 0.6) is 5.75 Å². The molecule has 7 nitrogen and oxygen atoms in total. The van der Waals surface area contributed by atoms with Crippen LogP contribution in [-0.4, -0.2) is 31.0 Å². The molecule has 2 aliphatic carbocycles. The van der Waals surface area contributed by atoms with Gasteiger partial charge in [0.1, 0.15) is 11.9 Å². The van der Waals surface area contributed by atoms with Crippen LogP contribution >= 0.6 is 0 Å². The molecule has 1 saturated heterocycles. The number of methoxy groups -OCH3 is 1. The van der Waals surface area contributed by atoms with Crippen molar-refractivity contribution in [2.75, 3.05) is 17.7 Å². The molecule has 0 spiro atoms. The fourth-order valence-electron chi connectivity index (χ4n) is 5.23. The normalized spacial score (nSPS) is 28.2. The molecule has 0 unspecified atom stereocenters. The Labute approximate surface area is 173 Å². The van der Waals surface area contributed by atoms with Crippen LogP contribution in [0.25, 0.3) is 0 Å². The summed E-state index contributed by atoms with van der Waals surface area (Å²) in [5, 5.41) is 5.73. The number of carbonyl (C=O) groups is 3. The first-order chi connectivity index (χ1) is 14.5. The van der Waals surface area contributed by atoms with Crippen molar-refractivity contribution in [2.24, 2.45) is 23.7 Å². The highest BCUT2D eigenvalue weighted by atomic mass is 16.6. The molecule has 30 heavy (non-hydrogen) atoms. The van der Waals surface area contributed by atoms with Crippen molar-refractivity contribution in [1.82, 2.24) is 0 Å². The van der Waals surface area contributed by atoms with Crippen molar-refractivity contribution in [3.8, 4) is 5.75 Å². The molecule has 3 fully saturated rings. The Balaban J connectivity index is 1.29. The molecule has 5 rings (SSSR count). The predicted octanol–water partition coefficient (Wildman–Crippen LogP) is 3.08. The highest BCUT2D eigenvalue weighted by molar-refractivity contribution is 6.05. The monoisotopic (exact) mass is 406 g/mol. The van der Waals surface area contributed by atoms with Gasteiger partial charge in [-0.15, -0.1) is 0 Å². The van der Waals surface area contributed by atoms with Crippen LogP contribution in [0.3, 0.4) is 0 Å². The van der Waals surface area contributed by atoms with Gasteiger partial charge in [0.05, 0.1) is 18.9 Å². The highest BCUT2D eigenvalue weighted by Gasteiger charge is 2.63. The lowest BCUT2D eigenvalue weighted by atomic mass is 9.79. The third kappa shape index (κ3) is 3.10. The highest BCUT2D eigenvalue weighted by Crippen LogP contribution is 2.57. The van der Waals surface area contributed by atoms with Gasteiger partial charge in [-0.25, -0.2) is 0 Å². The molecule has 5 atom stereocenters. The number of rotatable bonds is 5. The van der Waals surface area contributed by atoms with E-state index in [2.05, 4.69) is 10.6 Å². The van der Waals surface area contributed by atoms with Crippen molar-refractivity contribution in [3.63, 3.8) is 0 Å². The molecule has 0 aromatic heterocycles. The zero-order valence-corrected chi connectivity index (χ0v) is 16.5. The van der Waals surface area contributed by atoms with Crippen LogP contribution in [0.2, 0.25) is 0 Å². The van der Waals surface area contributed by atoms with Gasteiger partial charge in [0.25, 0.3) is 5.91 Å². The Bertz CT molecular complexity index is 1030. The van der Waals surface area contributed by atoms with Gasteiger partial charge in [-0.3, -0.25) is 14.4 Å². The number of hydrogen-bond acceptors (Lipinski definition) is 5. The standard InChI is InChI=1S/C23H22N2O5/c1-29-16-7-3-6-15(11-16)24-21(26)12-4-2-5-14(8-12)25-22(27)19-13-9-17-18(10-13)30-23(28)20(17)19/h2-8,11,13,17-20H,9-10H2,1H3,(H,24,26)(H,25,27)/t13-,17-,18+,19+,20-/m1/s1. The molecule has 2 N–H and O–H groups in total. The fourth-order valence-corrected chi connectivity index (χ4v) is 5.23. The largest absolute Gasteiger partial charge is 0.497 e. The van der Waals surface area contributed by atoms with Gasteiger partial charge < -0.3 is 20.1 Å². The van der Waals surface area contributed by atoms with Gasteiger partial charge in [0.15, 0.2) is 0 Å². The number of fused-ring (bicyclic) bond motifs is 1. The Hall–Kier alpha value is -3.35. The van der Waals surface area contributed by atoms with Crippen LogP contribution in [-0.2, 0) is 14.3 Å². The summed E-state index contributed by atoms with van der Waals surface area (Å²) >= 11 is 0. The predicted molar refractivity (Wildman–Crippen MR) is 109 cm³/mol. The van der Waals surface area contributed by atoms with E-state index in [0.717, 1.165) is 12.8 Å². The molecule has 154 valence electrons. The molecule has 7 heteroatoms. The van der Waals surface area contributed by atoms with E-state index in [1.807, 2.05) is 0 Å². The van der Waals surface area contributed by atoms with Crippen LogP contribution in [0.4, 0.5) is 11.4 Å². The van der Waals surface area contributed by atoms with E-state index in [1.54, 1.807) is 55.6 Å². The number of nitrogens with one attached hydrogen (secondary N) is 2. The van der Waals surface area contributed by atoms with E-state index in [9.17, 15) is 14.4 Å². The Morgan fingerprint density at radius 3 is 2.60 bits per heavy atom. The Morgan fingerprint density at radius 1 is 1.03 bits per heavy atom. The molecule has 1 heterocycles. The van der Waals surface area contributed by atoms with E-state index < -0.39 is 0 Å². The minimum absolute atomic E-state index is 0.000171. The minimum atomic E-state index is -0.351. The number of esters is 1. The first-order valence-electron chi connectivity index (χ1n) is 10.1. The van der Waals surface area contributed by atoms with Crippen LogP contribution in [0, 0.1) is 23.7 Å². The summed E-state index contributed by atoms with van der Waals surface area (Å²) in [6.45, 7) is 0. The summed E-state index contributed by atoms with van der Waals surface area (Å²) in [4.78, 5) is 37.7. The van der Waals surface area contributed by atoms with E-state index in [-0.39, 0.29) is 47.6 Å². The van der Waals surface area contributed by atoms with Crippen LogP contribution in [0.15, 0.2) is 48.5 Å². The van der Waals surface area contributed by atoms with Crippen LogP contribution in [0.1, 0.15) is 23.2 Å². The quantitative estimate of drug-likeness (QED) is 0.745. The van der Waals surface area contributed by atoms with Crippen molar-refractivity contribution in [3.05, 3.63) is 54.1 Å². The second kappa shape index (κ2) is 7.16. The lowest BCUT2D eigenvalue weighted by Crippen LogP contribution is -2.35. The molecule has 2 aromatic carbocycles. The summed E-state index contributed by atoms with van der Waals surface area (Å²) in [6.07, 6.45) is 1.65. The molecule has 2 amide bonds. The maximum absolute atomic E-state index is 12.9. The van der Waals surface area contributed by atoms with Crippen molar-refractivity contribution in [1.29, 1.82) is 0 Å². The van der Waals surface area contributed by atoms with Crippen molar-refractivity contribution >= 4 is 29.2 Å². The Morgan fingerprint density at radius 2 is 1.80 bits per heavy atom. The molecule has 3 aliphatic rings. The maximum Gasteiger partial charge on any atom is 0.310 e. The molecular formula is C23H22N2O5. The SMILES string of the molecule is COc1cccc(NC(=O)c2cccc(NC(=O)[C@H]3[C@@H]4C[C@H]5[C@H]3C(=O)O[C@H]5C4)c2)c1. The van der Waals surface area contributed by atoms with Gasteiger partial charge in [0, 0.05) is 28.9 Å². The summed E-state index contributed by atoms with van der Waals surface area (Å²) in [6, 6.07) is 13.9. The van der Waals surface area contributed by atoms with E-state index in [0.29, 0.717) is 22.7 Å². The molecule has 2 saturated carbocycles. The number of carbonyl (C=O) groups excluding carboxylic acids is 3. The van der Waals surface area contributed by atoms with Crippen molar-refractivity contribution in [2.45, 2.75) is 18.9 Å². The number of hydrogen-bond donors (Lipinski definition) is 2. The van der Waals surface area contributed by atoms with Gasteiger partial charge in [-0.1, -0.05) is 12.1 Å². The van der Waals surface area contributed by atoms with Crippen LogP contribution < -0.4 is 15.4 Å². The zero-order chi connectivity index (χ0) is 20.8. The molecule has 2 bridgehead atoms. The summed E-state index contributed by atoms with van der Waals surface area (Å²) in [5.74, 6) is -0.362. The van der Waals surface area contributed by atoms with E-state index in [4.69, 9.17) is 9.47 Å². The third-order valence-electron chi connectivity index (χ3n) is 6.51. The summed E-state index contributed by atoms with van der Waals surface area (Å²) in [5.41, 5.74) is 1.57. The number of anilines is 2. The molecule has 0 radical (unpaired) electrons. The van der Waals surface area contributed by atoms with Gasteiger partial charge in [-0.05, 0) is 49.1 Å². The first-order valence-corrected chi connectivity index (χ1v) is 10.1. The fraction of sp³-hybridized carbons (Fsp3) is 0.348. The van der Waals surface area contributed by atoms with E-state index >= 15 is 0 Å². The Kier molecular flexibility index (Phi) is 4.46. The number of amides is 2. The molecule has 2 aromatic rings. The topological polar surface area (TPSA) is 93.7 Å². The first kappa shape index (κ1) is 18.7. The lowest BCUT2D eigenvalue weighted by Gasteiger charge is -2.23. The average Bonchev–Trinajstić information content (AvgIpc) is 3.37. The molecular weight excluding hydrogens is 384 g/mol. The number of ether oxygens (including phenoxy) is 2. The van der Waals surface area contributed by atoms with Gasteiger partial charge in [0.2, 0.25) is 5.91 Å². The maximum atomic E-state index is 12.9. The second-order valence-electron chi connectivity index (χ2n) is 8.18. The average molecular weight is 406 g/mol. The smallest absolute Gasteiger partial charge is 0.310 e. The second-order valence-corrected chi connectivity index (χ2v) is 8.18. The van der Waals surface area contributed by atoms with E-state index in [1.165, 1.54) is 0 Å². The summed E-state index contributed by atoms with van der Waals surface area (Å²) < 4.78 is 10.6. The number of benzene rings is 2. The summed E-state index contributed by atoms with van der Waals surface area (Å²) in [7, 11) is 1.56. The third-order valence-corrected chi connectivity index (χ3v) is 6.51. The lowest BCUT2D eigenvalue weighted by molar-refractivity contribution is -0.145. The minimum Gasteiger partial charge on any atom is -0.497 e.